The molecular formula is C7H10N2O2S. The van der Waals surface area contributed by atoms with Crippen LogP contribution in [-0.2, 0) is 10.3 Å². The maximum Gasteiger partial charge on any atom is 0.314 e. The SMILES string of the molecule is CC1(c2nc(=S)o[nH]2)CCCO1. The minimum Gasteiger partial charge on any atom is -0.367 e. The Labute approximate surface area is 74.9 Å². The average molecular weight is 186 g/mol. The first-order valence-corrected chi connectivity index (χ1v) is 4.31. The molecule has 1 aromatic heterocycles. The Hall–Kier alpha value is -0.680. The van der Waals surface area contributed by atoms with E-state index in [-0.39, 0.29) is 10.4 Å². The lowest BCUT2D eigenvalue weighted by Crippen LogP contribution is -2.21. The summed E-state index contributed by atoms with van der Waals surface area (Å²) in [5, 5.41) is 2.67. The molecule has 0 radical (unpaired) electrons. The molecule has 1 N–H and O–H groups in total. The number of ether oxygens (including phenoxy) is 1. The fourth-order valence-corrected chi connectivity index (χ4v) is 1.55. The van der Waals surface area contributed by atoms with Crippen molar-refractivity contribution in [3.63, 3.8) is 0 Å². The van der Waals surface area contributed by atoms with E-state index in [9.17, 15) is 0 Å². The van der Waals surface area contributed by atoms with Crippen LogP contribution in [0.4, 0.5) is 0 Å². The summed E-state index contributed by atoms with van der Waals surface area (Å²) in [5.74, 6) is 0.699. The Bertz CT molecular complexity index is 324. The van der Waals surface area contributed by atoms with Crippen LogP contribution in [0, 0.1) is 4.84 Å². The van der Waals surface area contributed by atoms with Gasteiger partial charge in [0.15, 0.2) is 5.82 Å². The summed E-state index contributed by atoms with van der Waals surface area (Å²) >= 11 is 4.75. The average Bonchev–Trinajstić information content (AvgIpc) is 2.59. The number of nitrogens with one attached hydrogen (secondary N) is 1. The van der Waals surface area contributed by atoms with Crippen LogP contribution in [0.5, 0.6) is 0 Å². The number of hydrogen-bond donors (Lipinski definition) is 1. The van der Waals surface area contributed by atoms with Gasteiger partial charge in [0.05, 0.1) is 0 Å². The molecule has 0 amide bonds. The summed E-state index contributed by atoms with van der Waals surface area (Å²) in [4.78, 5) is 4.27. The van der Waals surface area contributed by atoms with E-state index in [2.05, 4.69) is 10.1 Å². The van der Waals surface area contributed by atoms with Crippen LogP contribution in [-0.4, -0.2) is 16.7 Å². The second-order valence-electron chi connectivity index (χ2n) is 3.11. The lowest BCUT2D eigenvalue weighted by molar-refractivity contribution is 0.00768. The van der Waals surface area contributed by atoms with Crippen LogP contribution in [0.3, 0.4) is 0 Å². The molecule has 1 saturated heterocycles. The van der Waals surface area contributed by atoms with E-state index in [1.807, 2.05) is 6.92 Å². The second-order valence-corrected chi connectivity index (χ2v) is 3.46. The number of H-pyrrole nitrogens is 1. The van der Waals surface area contributed by atoms with Gasteiger partial charge in [-0.15, -0.1) is 0 Å². The minimum atomic E-state index is -0.319. The summed E-state index contributed by atoms with van der Waals surface area (Å²) in [7, 11) is 0. The molecule has 1 unspecified atom stereocenters. The molecule has 1 fully saturated rings. The van der Waals surface area contributed by atoms with Crippen molar-refractivity contribution >= 4 is 12.2 Å². The Balaban J connectivity index is 2.34. The van der Waals surface area contributed by atoms with Gasteiger partial charge in [-0.1, -0.05) is 0 Å². The van der Waals surface area contributed by atoms with Crippen molar-refractivity contribution in [2.75, 3.05) is 6.61 Å². The molecule has 0 bridgehead atoms. The normalized spacial score (nSPS) is 29.4. The third-order valence-electron chi connectivity index (χ3n) is 2.16. The molecule has 5 heteroatoms. The highest BCUT2D eigenvalue weighted by Crippen LogP contribution is 2.33. The second kappa shape index (κ2) is 2.67. The summed E-state index contributed by atoms with van der Waals surface area (Å²) < 4.78 is 10.4. The first-order valence-electron chi connectivity index (χ1n) is 3.91. The summed E-state index contributed by atoms with van der Waals surface area (Å²) in [5.41, 5.74) is -0.319. The van der Waals surface area contributed by atoms with Gasteiger partial charge < -0.3 is 9.26 Å². The first kappa shape index (κ1) is 7.94. The van der Waals surface area contributed by atoms with Crippen molar-refractivity contribution in [1.82, 2.24) is 10.1 Å². The minimum absolute atomic E-state index is 0.238. The largest absolute Gasteiger partial charge is 0.367 e. The predicted molar refractivity (Wildman–Crippen MR) is 44.2 cm³/mol. The summed E-state index contributed by atoms with van der Waals surface area (Å²) in [6.07, 6.45) is 2.02. The molecule has 1 aliphatic heterocycles. The van der Waals surface area contributed by atoms with E-state index >= 15 is 0 Å². The molecule has 0 aliphatic carbocycles. The Morgan fingerprint density at radius 3 is 3.00 bits per heavy atom. The highest BCUT2D eigenvalue weighted by Gasteiger charge is 2.35. The highest BCUT2D eigenvalue weighted by molar-refractivity contribution is 7.71. The molecule has 12 heavy (non-hydrogen) atoms. The molecule has 1 atom stereocenters. The van der Waals surface area contributed by atoms with Gasteiger partial charge in [-0.25, -0.2) is 5.16 Å². The monoisotopic (exact) mass is 186 g/mol. The summed E-state index contributed by atoms with van der Waals surface area (Å²) in [6.45, 7) is 2.77. The van der Waals surface area contributed by atoms with E-state index in [4.69, 9.17) is 21.5 Å². The fourth-order valence-electron chi connectivity index (χ4n) is 1.42. The topological polar surface area (TPSA) is 51.0 Å². The van der Waals surface area contributed by atoms with E-state index in [0.29, 0.717) is 5.82 Å². The third kappa shape index (κ3) is 1.19. The van der Waals surface area contributed by atoms with E-state index in [1.165, 1.54) is 0 Å². The maximum absolute atomic E-state index is 5.54. The third-order valence-corrected chi connectivity index (χ3v) is 2.33. The molecule has 0 aromatic carbocycles. The maximum atomic E-state index is 5.54. The molecule has 0 spiro atoms. The number of rotatable bonds is 1. The highest BCUT2D eigenvalue weighted by atomic mass is 32.1. The lowest BCUT2D eigenvalue weighted by atomic mass is 10.0. The number of nitrogens with zero attached hydrogens (tertiary/aromatic N) is 1. The van der Waals surface area contributed by atoms with Gasteiger partial charge in [0.1, 0.15) is 5.60 Å². The zero-order chi connectivity index (χ0) is 8.60. The molecule has 4 nitrogen and oxygen atoms in total. The van der Waals surface area contributed by atoms with Crippen molar-refractivity contribution in [1.29, 1.82) is 0 Å². The van der Waals surface area contributed by atoms with Gasteiger partial charge in [0.2, 0.25) is 0 Å². The zero-order valence-electron chi connectivity index (χ0n) is 6.79. The molecule has 2 rings (SSSR count). The van der Waals surface area contributed by atoms with Crippen LogP contribution in [0.1, 0.15) is 25.6 Å². The van der Waals surface area contributed by atoms with Crippen molar-refractivity contribution in [2.45, 2.75) is 25.4 Å². The molecular weight excluding hydrogens is 176 g/mol. The molecule has 66 valence electrons. The fraction of sp³-hybridized carbons (Fsp3) is 0.714. The van der Waals surface area contributed by atoms with Crippen molar-refractivity contribution in [2.24, 2.45) is 0 Å². The van der Waals surface area contributed by atoms with Crippen LogP contribution >= 0.6 is 12.2 Å². The van der Waals surface area contributed by atoms with Crippen LogP contribution in [0.25, 0.3) is 0 Å². The van der Waals surface area contributed by atoms with E-state index in [1.54, 1.807) is 0 Å². The van der Waals surface area contributed by atoms with E-state index < -0.39 is 0 Å². The van der Waals surface area contributed by atoms with E-state index in [0.717, 1.165) is 19.4 Å². The standard InChI is InChI=1S/C7H10N2O2S/c1-7(3-2-4-10-7)5-8-6(12)11-9-5/h2-4H2,1H3,(H,8,9,12). The first-order chi connectivity index (χ1) is 5.71. The van der Waals surface area contributed by atoms with Crippen LogP contribution < -0.4 is 0 Å². The van der Waals surface area contributed by atoms with Gasteiger partial charge in [0.25, 0.3) is 0 Å². The van der Waals surface area contributed by atoms with Crippen molar-refractivity contribution in [3.05, 3.63) is 10.7 Å². The number of aromatic nitrogens is 2. The smallest absolute Gasteiger partial charge is 0.314 e. The Kier molecular flexibility index (Phi) is 1.77. The van der Waals surface area contributed by atoms with Gasteiger partial charge in [-0.2, -0.15) is 4.98 Å². The molecule has 0 saturated carbocycles. The predicted octanol–water partition coefficient (Wildman–Crippen LogP) is 1.76. The lowest BCUT2D eigenvalue weighted by Gasteiger charge is -2.18. The Morgan fingerprint density at radius 1 is 1.67 bits per heavy atom. The zero-order valence-corrected chi connectivity index (χ0v) is 7.61. The van der Waals surface area contributed by atoms with Crippen molar-refractivity contribution < 1.29 is 9.26 Å². The molecule has 2 heterocycles. The van der Waals surface area contributed by atoms with Crippen molar-refractivity contribution in [3.8, 4) is 0 Å². The molecule has 1 aliphatic rings. The van der Waals surface area contributed by atoms with Gasteiger partial charge in [0, 0.05) is 6.61 Å². The van der Waals surface area contributed by atoms with Gasteiger partial charge in [-0.3, -0.25) is 0 Å². The van der Waals surface area contributed by atoms with Crippen LogP contribution in [0.15, 0.2) is 4.52 Å². The number of aromatic amines is 1. The Morgan fingerprint density at radius 2 is 2.50 bits per heavy atom. The molecule has 1 aromatic rings. The van der Waals surface area contributed by atoms with Gasteiger partial charge >= 0.3 is 4.84 Å². The summed E-state index contributed by atoms with van der Waals surface area (Å²) in [6, 6.07) is 0. The van der Waals surface area contributed by atoms with Gasteiger partial charge in [-0.05, 0) is 32.0 Å². The quantitative estimate of drug-likeness (QED) is 0.679. The van der Waals surface area contributed by atoms with Crippen LogP contribution in [0.2, 0.25) is 0 Å². The number of hydrogen-bond acceptors (Lipinski definition) is 4.